The lowest BCUT2D eigenvalue weighted by Crippen LogP contribution is -2.08. The van der Waals surface area contributed by atoms with E-state index in [1.165, 1.54) is 6.07 Å². The lowest BCUT2D eigenvalue weighted by atomic mass is 10.2. The van der Waals surface area contributed by atoms with E-state index in [1.807, 2.05) is 6.92 Å². The second kappa shape index (κ2) is 6.26. The van der Waals surface area contributed by atoms with Crippen LogP contribution in [0.2, 0.25) is 0 Å². The zero-order chi connectivity index (χ0) is 14.7. The molecule has 0 radical (unpaired) electrons. The van der Waals surface area contributed by atoms with Crippen molar-refractivity contribution in [3.63, 3.8) is 0 Å². The molecule has 0 atom stereocenters. The van der Waals surface area contributed by atoms with E-state index in [-0.39, 0.29) is 17.3 Å². The molecule has 2 aromatic rings. The van der Waals surface area contributed by atoms with E-state index in [0.29, 0.717) is 22.4 Å². The van der Waals surface area contributed by atoms with Gasteiger partial charge in [-0.2, -0.15) is 0 Å². The molecule has 6 heteroatoms. The number of aromatic nitrogens is 2. The number of rotatable bonds is 4. The molecule has 0 aliphatic heterocycles. The first-order chi connectivity index (χ1) is 9.52. The highest BCUT2D eigenvalue weighted by atomic mass is 79.9. The van der Waals surface area contributed by atoms with Gasteiger partial charge >= 0.3 is 0 Å². The van der Waals surface area contributed by atoms with E-state index in [0.717, 1.165) is 6.42 Å². The largest absolute Gasteiger partial charge is 0.368 e. The number of anilines is 1. The Bertz CT molecular complexity index is 632. The van der Waals surface area contributed by atoms with Crippen LogP contribution in [-0.4, -0.2) is 16.5 Å². The van der Waals surface area contributed by atoms with Gasteiger partial charge < -0.3 is 5.32 Å². The molecule has 0 saturated carbocycles. The maximum atomic E-state index is 13.9. The van der Waals surface area contributed by atoms with Crippen molar-refractivity contribution in [3.8, 4) is 11.4 Å². The molecule has 0 aliphatic rings. The highest BCUT2D eigenvalue weighted by Gasteiger charge is 2.13. The Labute approximate surface area is 124 Å². The minimum Gasteiger partial charge on any atom is -0.368 e. The molecule has 1 N–H and O–H groups in total. The van der Waals surface area contributed by atoms with Crippen molar-refractivity contribution in [2.45, 2.75) is 20.3 Å². The summed E-state index contributed by atoms with van der Waals surface area (Å²) >= 11 is 3.12. The molecule has 0 aliphatic carbocycles. The van der Waals surface area contributed by atoms with E-state index in [4.69, 9.17) is 0 Å². The summed E-state index contributed by atoms with van der Waals surface area (Å²) in [4.78, 5) is 8.28. The van der Waals surface area contributed by atoms with Crippen molar-refractivity contribution in [3.05, 3.63) is 40.0 Å². The topological polar surface area (TPSA) is 37.8 Å². The van der Waals surface area contributed by atoms with Crippen LogP contribution in [0.4, 0.5) is 14.6 Å². The van der Waals surface area contributed by atoms with Gasteiger partial charge in [0.2, 0.25) is 0 Å². The fourth-order valence-electron chi connectivity index (χ4n) is 1.68. The summed E-state index contributed by atoms with van der Waals surface area (Å²) in [5.74, 6) is -0.279. The van der Waals surface area contributed by atoms with Crippen LogP contribution in [0.25, 0.3) is 11.4 Å². The van der Waals surface area contributed by atoms with Gasteiger partial charge in [0.25, 0.3) is 0 Å². The van der Waals surface area contributed by atoms with Crippen LogP contribution in [0.15, 0.2) is 22.7 Å². The second-order valence-corrected chi connectivity index (χ2v) is 5.21. The highest BCUT2D eigenvalue weighted by molar-refractivity contribution is 9.10. The van der Waals surface area contributed by atoms with E-state index < -0.39 is 5.82 Å². The number of halogens is 3. The van der Waals surface area contributed by atoms with Crippen LogP contribution >= 0.6 is 15.9 Å². The summed E-state index contributed by atoms with van der Waals surface area (Å²) in [6.45, 7) is 4.19. The number of nitrogens with one attached hydrogen (secondary N) is 1. The predicted octanol–water partition coefficient (Wildman–Crippen LogP) is 4.31. The molecule has 1 aromatic carbocycles. The molecule has 1 aromatic heterocycles. The van der Waals surface area contributed by atoms with Crippen molar-refractivity contribution in [2.24, 2.45) is 0 Å². The Kier molecular flexibility index (Phi) is 4.65. The van der Waals surface area contributed by atoms with E-state index >= 15 is 0 Å². The van der Waals surface area contributed by atoms with Gasteiger partial charge in [-0.05, 0) is 47.5 Å². The van der Waals surface area contributed by atoms with Crippen molar-refractivity contribution in [1.82, 2.24) is 9.97 Å². The molecule has 0 spiro atoms. The third-order valence-electron chi connectivity index (χ3n) is 2.74. The summed E-state index contributed by atoms with van der Waals surface area (Å²) in [6, 6.07) is 4.46. The third kappa shape index (κ3) is 3.12. The van der Waals surface area contributed by atoms with Crippen molar-refractivity contribution in [1.29, 1.82) is 0 Å². The number of hydrogen-bond acceptors (Lipinski definition) is 3. The van der Waals surface area contributed by atoms with Crippen LogP contribution in [0.3, 0.4) is 0 Å². The van der Waals surface area contributed by atoms with Gasteiger partial charge in [0.05, 0.1) is 10.2 Å². The molecule has 0 bridgehead atoms. The van der Waals surface area contributed by atoms with Crippen LogP contribution in [0.1, 0.15) is 19.0 Å². The molecule has 0 unspecified atom stereocenters. The molecule has 3 nitrogen and oxygen atoms in total. The zero-order valence-corrected chi connectivity index (χ0v) is 12.8. The number of nitrogens with zero attached hydrogens (tertiary/aromatic N) is 2. The van der Waals surface area contributed by atoms with Crippen molar-refractivity contribution < 1.29 is 8.78 Å². The summed E-state index contributed by atoms with van der Waals surface area (Å²) in [5.41, 5.74) is 0.884. The van der Waals surface area contributed by atoms with Gasteiger partial charge in [0.15, 0.2) is 17.5 Å². The lowest BCUT2D eigenvalue weighted by Gasteiger charge is -2.10. The monoisotopic (exact) mass is 341 g/mol. The Morgan fingerprint density at radius 1 is 1.25 bits per heavy atom. The number of aryl methyl sites for hydroxylation is 1. The smallest absolute Gasteiger partial charge is 0.186 e. The van der Waals surface area contributed by atoms with E-state index in [1.54, 1.807) is 19.1 Å². The fraction of sp³-hybridized carbons (Fsp3) is 0.286. The Balaban J connectivity index is 2.45. The van der Waals surface area contributed by atoms with E-state index in [2.05, 4.69) is 31.2 Å². The van der Waals surface area contributed by atoms with E-state index in [9.17, 15) is 8.78 Å². The quantitative estimate of drug-likeness (QED) is 0.900. The highest BCUT2D eigenvalue weighted by Crippen LogP contribution is 2.25. The molecular weight excluding hydrogens is 328 g/mol. The Morgan fingerprint density at radius 3 is 2.65 bits per heavy atom. The molecule has 20 heavy (non-hydrogen) atoms. The predicted molar refractivity (Wildman–Crippen MR) is 78.6 cm³/mol. The maximum Gasteiger partial charge on any atom is 0.186 e. The van der Waals surface area contributed by atoms with Gasteiger partial charge in [-0.15, -0.1) is 0 Å². The first-order valence-electron chi connectivity index (χ1n) is 6.26. The molecule has 0 saturated heterocycles. The van der Waals surface area contributed by atoms with Gasteiger partial charge in [-0.25, -0.2) is 18.7 Å². The summed E-state index contributed by atoms with van der Waals surface area (Å²) in [6.07, 6.45) is 0.861. The zero-order valence-electron chi connectivity index (χ0n) is 11.2. The van der Waals surface area contributed by atoms with Gasteiger partial charge in [-0.1, -0.05) is 6.92 Å². The van der Waals surface area contributed by atoms with Crippen LogP contribution in [0, 0.1) is 18.6 Å². The number of benzene rings is 1. The molecule has 1 heterocycles. The molecule has 2 rings (SSSR count). The number of hydrogen-bond donors (Lipinski definition) is 1. The van der Waals surface area contributed by atoms with Gasteiger partial charge in [0.1, 0.15) is 5.82 Å². The van der Waals surface area contributed by atoms with Gasteiger partial charge in [-0.3, -0.25) is 0 Å². The molecule has 0 amide bonds. The first-order valence-corrected chi connectivity index (χ1v) is 7.05. The standard InChI is InChI=1S/C14H14BrF2N3/c1-3-6-18-14-12(17)8(2)19-13(20-14)9-4-5-11(16)10(15)7-9/h4-5,7H,3,6H2,1-2H3,(H,18,19,20). The van der Waals surface area contributed by atoms with Gasteiger partial charge in [0, 0.05) is 12.1 Å². The lowest BCUT2D eigenvalue weighted by molar-refractivity contribution is 0.605. The average molecular weight is 342 g/mol. The van der Waals surface area contributed by atoms with Crippen LogP contribution in [0.5, 0.6) is 0 Å². The first kappa shape index (κ1) is 14.8. The maximum absolute atomic E-state index is 13.9. The third-order valence-corrected chi connectivity index (χ3v) is 3.34. The van der Waals surface area contributed by atoms with Crippen molar-refractivity contribution in [2.75, 3.05) is 11.9 Å². The van der Waals surface area contributed by atoms with Crippen LogP contribution < -0.4 is 5.32 Å². The fourth-order valence-corrected chi connectivity index (χ4v) is 2.06. The SMILES string of the molecule is CCCNc1nc(-c2ccc(F)c(Br)c2)nc(C)c1F. The molecular formula is C14H14BrF2N3. The summed E-state index contributed by atoms with van der Waals surface area (Å²) in [7, 11) is 0. The van der Waals surface area contributed by atoms with Crippen molar-refractivity contribution >= 4 is 21.7 Å². The van der Waals surface area contributed by atoms with Crippen LogP contribution in [-0.2, 0) is 0 Å². The minimum absolute atomic E-state index is 0.176. The average Bonchev–Trinajstić information content (AvgIpc) is 2.43. The second-order valence-electron chi connectivity index (χ2n) is 4.35. The Hall–Kier alpha value is -1.56. The molecule has 0 fully saturated rings. The summed E-state index contributed by atoms with van der Waals surface area (Å²) in [5, 5.41) is 2.93. The Morgan fingerprint density at radius 2 is 2.00 bits per heavy atom. The minimum atomic E-state index is -0.455. The normalized spacial score (nSPS) is 10.7. The summed E-state index contributed by atoms with van der Waals surface area (Å²) < 4.78 is 27.5. The molecule has 106 valence electrons.